The van der Waals surface area contributed by atoms with E-state index in [1.807, 2.05) is 66.0 Å². The third kappa shape index (κ3) is 3.24. The van der Waals surface area contributed by atoms with E-state index in [2.05, 4.69) is 44.2 Å². The number of nitrogens with zero attached hydrogens (tertiary/aromatic N) is 1. The average Bonchev–Trinajstić information content (AvgIpc) is 2.94. The second-order valence-electron chi connectivity index (χ2n) is 7.28. The van der Waals surface area contributed by atoms with Crippen molar-refractivity contribution >= 4 is 23.4 Å². The molecule has 0 spiro atoms. The molecule has 1 aliphatic heterocycles. The molecule has 3 rings (SSSR count). The SMILES string of the molecule is CS/C=C\C1(C)C=C(c2ccccc2)N(C(C)(C)c2ccccc2)C1=O. The van der Waals surface area contributed by atoms with Gasteiger partial charge in [-0.05, 0) is 49.6 Å². The van der Waals surface area contributed by atoms with Gasteiger partial charge < -0.3 is 4.90 Å². The van der Waals surface area contributed by atoms with Crippen molar-refractivity contribution in [2.45, 2.75) is 26.3 Å². The van der Waals surface area contributed by atoms with E-state index >= 15 is 0 Å². The Labute approximate surface area is 160 Å². The van der Waals surface area contributed by atoms with Crippen molar-refractivity contribution in [2.75, 3.05) is 6.26 Å². The Balaban J connectivity index is 2.14. The number of benzene rings is 2. The molecular formula is C23H25NOS. The van der Waals surface area contributed by atoms with Gasteiger partial charge in [-0.25, -0.2) is 0 Å². The molecule has 3 heteroatoms. The zero-order chi connectivity index (χ0) is 18.8. The smallest absolute Gasteiger partial charge is 0.241 e. The number of amides is 1. The first kappa shape index (κ1) is 18.5. The molecule has 0 aliphatic carbocycles. The molecule has 1 amide bonds. The standard InChI is InChI=1S/C23H25NOS/c1-22(2,19-13-9-6-10-14-19)24-20(18-11-7-5-8-12-18)17-23(3,21(24)25)15-16-26-4/h5-17H,1-4H3/b16-15-. The molecule has 2 aromatic rings. The Kier molecular flexibility index (Phi) is 5.10. The van der Waals surface area contributed by atoms with E-state index in [4.69, 9.17) is 0 Å². The van der Waals surface area contributed by atoms with Crippen LogP contribution in [0.2, 0.25) is 0 Å². The lowest BCUT2D eigenvalue weighted by Gasteiger charge is -2.39. The maximum atomic E-state index is 13.6. The van der Waals surface area contributed by atoms with E-state index in [1.165, 1.54) is 0 Å². The average molecular weight is 364 g/mol. The molecule has 1 heterocycles. The zero-order valence-corrected chi connectivity index (χ0v) is 16.6. The van der Waals surface area contributed by atoms with E-state index in [9.17, 15) is 4.79 Å². The topological polar surface area (TPSA) is 20.3 Å². The van der Waals surface area contributed by atoms with Crippen molar-refractivity contribution in [3.63, 3.8) is 0 Å². The minimum absolute atomic E-state index is 0.107. The highest BCUT2D eigenvalue weighted by Gasteiger charge is 2.47. The van der Waals surface area contributed by atoms with Gasteiger partial charge in [-0.15, -0.1) is 11.8 Å². The Hall–Kier alpha value is -2.26. The lowest BCUT2D eigenvalue weighted by Crippen LogP contribution is -2.45. The summed E-state index contributed by atoms with van der Waals surface area (Å²) >= 11 is 1.61. The largest absolute Gasteiger partial charge is 0.301 e. The summed E-state index contributed by atoms with van der Waals surface area (Å²) in [6, 6.07) is 20.4. The van der Waals surface area contributed by atoms with Gasteiger partial charge >= 0.3 is 0 Å². The maximum absolute atomic E-state index is 13.6. The monoisotopic (exact) mass is 363 g/mol. The van der Waals surface area contributed by atoms with Crippen molar-refractivity contribution in [3.05, 3.63) is 89.4 Å². The van der Waals surface area contributed by atoms with Crippen molar-refractivity contribution < 1.29 is 4.79 Å². The number of carbonyl (C=O) groups is 1. The molecule has 2 nitrogen and oxygen atoms in total. The summed E-state index contributed by atoms with van der Waals surface area (Å²) in [5.74, 6) is 0.107. The third-order valence-corrected chi connectivity index (χ3v) is 5.41. The normalized spacial score (nSPS) is 20.7. The Morgan fingerprint density at radius 3 is 2.15 bits per heavy atom. The molecule has 0 radical (unpaired) electrons. The molecule has 134 valence electrons. The number of rotatable bonds is 5. The Morgan fingerprint density at radius 1 is 1.00 bits per heavy atom. The minimum atomic E-state index is -0.639. The molecule has 0 aromatic heterocycles. The molecular weight excluding hydrogens is 338 g/mol. The van der Waals surface area contributed by atoms with E-state index in [0.717, 1.165) is 16.8 Å². The van der Waals surface area contributed by atoms with Gasteiger partial charge in [0.15, 0.2) is 0 Å². The second-order valence-corrected chi connectivity index (χ2v) is 8.03. The first-order chi connectivity index (χ1) is 12.4. The fourth-order valence-electron chi connectivity index (χ4n) is 3.44. The molecule has 0 saturated heterocycles. The number of thioether (sulfide) groups is 1. The number of hydrogen-bond donors (Lipinski definition) is 0. The summed E-state index contributed by atoms with van der Waals surface area (Å²) in [5.41, 5.74) is 2.06. The highest BCUT2D eigenvalue weighted by Crippen LogP contribution is 2.46. The molecule has 0 fully saturated rings. The van der Waals surface area contributed by atoms with Crippen molar-refractivity contribution in [1.82, 2.24) is 4.90 Å². The molecule has 2 aromatic carbocycles. The van der Waals surface area contributed by atoms with Crippen LogP contribution in [-0.2, 0) is 10.3 Å². The summed E-state index contributed by atoms with van der Waals surface area (Å²) < 4.78 is 0. The molecule has 1 aliphatic rings. The van der Waals surface area contributed by atoms with Crippen LogP contribution in [-0.4, -0.2) is 17.1 Å². The fraction of sp³-hybridized carbons (Fsp3) is 0.261. The number of hydrogen-bond acceptors (Lipinski definition) is 2. The first-order valence-corrected chi connectivity index (χ1v) is 10.1. The van der Waals surface area contributed by atoms with Gasteiger partial charge in [0.05, 0.1) is 11.0 Å². The summed E-state index contributed by atoms with van der Waals surface area (Å²) in [5, 5.41) is 2.00. The molecule has 0 saturated carbocycles. The molecule has 0 N–H and O–H groups in total. The van der Waals surface area contributed by atoms with Gasteiger partial charge in [0, 0.05) is 5.70 Å². The molecule has 1 unspecified atom stereocenters. The lowest BCUT2D eigenvalue weighted by atomic mass is 9.88. The Morgan fingerprint density at radius 2 is 1.58 bits per heavy atom. The zero-order valence-electron chi connectivity index (χ0n) is 15.8. The van der Waals surface area contributed by atoms with Crippen LogP contribution in [0.3, 0.4) is 0 Å². The predicted molar refractivity (Wildman–Crippen MR) is 111 cm³/mol. The minimum Gasteiger partial charge on any atom is -0.301 e. The van der Waals surface area contributed by atoms with Crippen LogP contribution in [0.1, 0.15) is 31.9 Å². The summed E-state index contributed by atoms with van der Waals surface area (Å²) in [6.07, 6.45) is 6.11. The van der Waals surface area contributed by atoms with Crippen LogP contribution in [0.4, 0.5) is 0 Å². The van der Waals surface area contributed by atoms with E-state index in [-0.39, 0.29) is 5.91 Å². The van der Waals surface area contributed by atoms with Crippen molar-refractivity contribution in [3.8, 4) is 0 Å². The predicted octanol–water partition coefficient (Wildman–Crippen LogP) is 5.69. The van der Waals surface area contributed by atoms with Crippen LogP contribution >= 0.6 is 11.8 Å². The fourth-order valence-corrected chi connectivity index (χ4v) is 3.86. The van der Waals surface area contributed by atoms with Gasteiger partial charge in [0.2, 0.25) is 5.91 Å². The summed E-state index contributed by atoms with van der Waals surface area (Å²) in [7, 11) is 0. The highest BCUT2D eigenvalue weighted by molar-refractivity contribution is 8.01. The quantitative estimate of drug-likeness (QED) is 0.680. The van der Waals surface area contributed by atoms with E-state index in [0.29, 0.717) is 0 Å². The lowest BCUT2D eigenvalue weighted by molar-refractivity contribution is -0.135. The maximum Gasteiger partial charge on any atom is 0.241 e. The summed E-state index contributed by atoms with van der Waals surface area (Å²) in [6.45, 7) is 6.22. The second kappa shape index (κ2) is 7.16. The van der Waals surface area contributed by atoms with Gasteiger partial charge in [-0.2, -0.15) is 0 Å². The van der Waals surface area contributed by atoms with Crippen LogP contribution < -0.4 is 0 Å². The first-order valence-electron chi connectivity index (χ1n) is 8.79. The van der Waals surface area contributed by atoms with Crippen molar-refractivity contribution in [2.24, 2.45) is 5.41 Å². The van der Waals surface area contributed by atoms with E-state index < -0.39 is 11.0 Å². The van der Waals surface area contributed by atoms with Gasteiger partial charge in [-0.1, -0.05) is 66.7 Å². The van der Waals surface area contributed by atoms with Gasteiger partial charge in [-0.3, -0.25) is 4.79 Å². The van der Waals surface area contributed by atoms with Gasteiger partial charge in [0.25, 0.3) is 0 Å². The molecule has 1 atom stereocenters. The Bertz CT molecular complexity index is 839. The van der Waals surface area contributed by atoms with Crippen LogP contribution in [0.15, 0.2) is 78.2 Å². The van der Waals surface area contributed by atoms with Gasteiger partial charge in [0.1, 0.15) is 0 Å². The molecule has 0 bridgehead atoms. The number of carbonyl (C=O) groups excluding carboxylic acids is 1. The third-order valence-electron chi connectivity index (χ3n) is 5.00. The highest BCUT2D eigenvalue weighted by atomic mass is 32.2. The van der Waals surface area contributed by atoms with Crippen LogP contribution in [0.5, 0.6) is 0 Å². The van der Waals surface area contributed by atoms with E-state index in [1.54, 1.807) is 11.8 Å². The van der Waals surface area contributed by atoms with Crippen LogP contribution in [0.25, 0.3) is 5.70 Å². The molecule has 26 heavy (non-hydrogen) atoms. The van der Waals surface area contributed by atoms with Crippen LogP contribution in [0, 0.1) is 5.41 Å². The van der Waals surface area contributed by atoms with Crippen molar-refractivity contribution in [1.29, 1.82) is 0 Å². The summed E-state index contributed by atoms with van der Waals surface area (Å²) in [4.78, 5) is 15.5.